The van der Waals surface area contributed by atoms with Crippen LogP contribution in [0.1, 0.15) is 44.4 Å². The lowest BCUT2D eigenvalue weighted by Gasteiger charge is -2.14. The summed E-state index contributed by atoms with van der Waals surface area (Å²) in [4.78, 5) is 4.80. The molecule has 4 aromatic rings. The number of nitriles is 1. The molecular formula is C28H28N2. The fourth-order valence-electron chi connectivity index (χ4n) is 4.36. The minimum absolute atomic E-state index is 0.612. The zero-order valence-corrected chi connectivity index (χ0v) is 18.2. The lowest BCUT2D eigenvalue weighted by molar-refractivity contribution is 0.636. The summed E-state index contributed by atoms with van der Waals surface area (Å²) in [6.07, 6.45) is 4.03. The van der Waals surface area contributed by atoms with E-state index in [-0.39, 0.29) is 0 Å². The molecule has 0 aliphatic carbocycles. The van der Waals surface area contributed by atoms with Crippen LogP contribution in [0.2, 0.25) is 0 Å². The highest BCUT2D eigenvalue weighted by atomic mass is 14.7. The Labute approximate surface area is 179 Å². The second kappa shape index (κ2) is 8.28. The molecule has 0 bridgehead atoms. The van der Waals surface area contributed by atoms with E-state index < -0.39 is 0 Å². The predicted molar refractivity (Wildman–Crippen MR) is 126 cm³/mol. The molecule has 150 valence electrons. The number of hydrogen-bond acceptors (Lipinski definition) is 2. The topological polar surface area (TPSA) is 36.7 Å². The second-order valence-electron chi connectivity index (χ2n) is 9.10. The summed E-state index contributed by atoms with van der Waals surface area (Å²) in [5.41, 5.74) is 5.65. The molecule has 2 nitrogen and oxygen atoms in total. The van der Waals surface area contributed by atoms with E-state index in [1.807, 2.05) is 24.4 Å². The summed E-state index contributed by atoms with van der Waals surface area (Å²) in [6.45, 7) is 9.07. The molecular weight excluding hydrogens is 364 g/mol. The van der Waals surface area contributed by atoms with Gasteiger partial charge in [-0.25, -0.2) is 0 Å². The Bertz CT molecular complexity index is 1230. The van der Waals surface area contributed by atoms with Crippen molar-refractivity contribution in [3.63, 3.8) is 0 Å². The highest BCUT2D eigenvalue weighted by Crippen LogP contribution is 2.33. The lowest BCUT2D eigenvalue weighted by Crippen LogP contribution is -2.00. The normalized spacial score (nSPS) is 11.5. The standard InChI is InChI=1S/C28H28N2/c1-18(2)11-21-13-22(12-19(3)4)15-24(14-21)28-26-8-7-23-6-5-20(17-29)16-27(23)25(26)9-10-30-28/h5-10,13-16,18-19H,11-12H2,1-4H3. The number of pyridine rings is 1. The van der Waals surface area contributed by atoms with Crippen molar-refractivity contribution < 1.29 is 0 Å². The summed E-state index contributed by atoms with van der Waals surface area (Å²) < 4.78 is 0. The molecule has 0 aliphatic rings. The highest BCUT2D eigenvalue weighted by molar-refractivity contribution is 6.11. The molecule has 0 fully saturated rings. The number of benzene rings is 3. The van der Waals surface area contributed by atoms with Gasteiger partial charge >= 0.3 is 0 Å². The quantitative estimate of drug-likeness (QED) is 0.333. The van der Waals surface area contributed by atoms with Gasteiger partial charge in [0.25, 0.3) is 0 Å². The fourth-order valence-corrected chi connectivity index (χ4v) is 4.36. The molecule has 0 amide bonds. The number of nitrogens with zero attached hydrogens (tertiary/aromatic N) is 2. The molecule has 3 aromatic carbocycles. The van der Waals surface area contributed by atoms with E-state index in [0.29, 0.717) is 17.4 Å². The molecule has 2 heteroatoms. The van der Waals surface area contributed by atoms with E-state index in [1.54, 1.807) is 0 Å². The SMILES string of the molecule is CC(C)Cc1cc(CC(C)C)cc(-c2nccc3c2ccc2ccc(C#N)cc23)c1. The molecule has 0 saturated heterocycles. The summed E-state index contributed by atoms with van der Waals surface area (Å²) in [7, 11) is 0. The minimum atomic E-state index is 0.612. The lowest BCUT2D eigenvalue weighted by atomic mass is 9.92. The van der Waals surface area contributed by atoms with Crippen molar-refractivity contribution in [2.45, 2.75) is 40.5 Å². The van der Waals surface area contributed by atoms with Gasteiger partial charge in [0.05, 0.1) is 17.3 Å². The number of aromatic nitrogens is 1. The van der Waals surface area contributed by atoms with Crippen LogP contribution in [0.3, 0.4) is 0 Å². The summed E-state index contributed by atoms with van der Waals surface area (Å²) >= 11 is 0. The molecule has 0 radical (unpaired) electrons. The molecule has 0 unspecified atom stereocenters. The van der Waals surface area contributed by atoms with Gasteiger partial charge in [-0.1, -0.05) is 52.0 Å². The van der Waals surface area contributed by atoms with Crippen LogP contribution in [0.25, 0.3) is 32.8 Å². The average Bonchev–Trinajstić information content (AvgIpc) is 2.71. The third kappa shape index (κ3) is 4.07. The summed E-state index contributed by atoms with van der Waals surface area (Å²) in [6, 6.07) is 21.5. The maximum atomic E-state index is 9.34. The van der Waals surface area contributed by atoms with Crippen LogP contribution in [-0.4, -0.2) is 4.98 Å². The molecule has 0 N–H and O–H groups in total. The molecule has 4 rings (SSSR count). The maximum Gasteiger partial charge on any atom is 0.0991 e. The van der Waals surface area contributed by atoms with E-state index in [0.717, 1.165) is 40.1 Å². The Morgan fingerprint density at radius 1 is 0.767 bits per heavy atom. The minimum Gasteiger partial charge on any atom is -0.256 e. The van der Waals surface area contributed by atoms with Gasteiger partial charge in [-0.2, -0.15) is 5.26 Å². The smallest absolute Gasteiger partial charge is 0.0991 e. The van der Waals surface area contributed by atoms with Gasteiger partial charge in [-0.15, -0.1) is 0 Å². The van der Waals surface area contributed by atoms with Crippen molar-refractivity contribution in [1.82, 2.24) is 4.98 Å². The van der Waals surface area contributed by atoms with Gasteiger partial charge in [0.15, 0.2) is 0 Å². The summed E-state index contributed by atoms with van der Waals surface area (Å²) in [5.74, 6) is 1.22. The van der Waals surface area contributed by atoms with E-state index in [4.69, 9.17) is 4.98 Å². The third-order valence-corrected chi connectivity index (χ3v) is 5.51. The van der Waals surface area contributed by atoms with Gasteiger partial charge in [0.2, 0.25) is 0 Å². The van der Waals surface area contributed by atoms with E-state index in [1.165, 1.54) is 16.7 Å². The van der Waals surface area contributed by atoms with Crippen LogP contribution in [-0.2, 0) is 12.8 Å². The van der Waals surface area contributed by atoms with E-state index in [2.05, 4.69) is 70.2 Å². The second-order valence-corrected chi connectivity index (χ2v) is 9.10. The first-order valence-electron chi connectivity index (χ1n) is 10.8. The van der Waals surface area contributed by atoms with Crippen LogP contribution >= 0.6 is 0 Å². The Hall–Kier alpha value is -3.18. The predicted octanol–water partition coefficient (Wildman–Crippen LogP) is 7.32. The van der Waals surface area contributed by atoms with Gasteiger partial charge in [-0.05, 0) is 82.3 Å². The molecule has 30 heavy (non-hydrogen) atoms. The van der Waals surface area contributed by atoms with Crippen molar-refractivity contribution in [2.75, 3.05) is 0 Å². The zero-order valence-electron chi connectivity index (χ0n) is 18.2. The van der Waals surface area contributed by atoms with Crippen molar-refractivity contribution in [3.8, 4) is 17.3 Å². The number of hydrogen-bond donors (Lipinski definition) is 0. The molecule has 0 atom stereocenters. The Morgan fingerprint density at radius 3 is 2.07 bits per heavy atom. The zero-order chi connectivity index (χ0) is 21.3. The molecule has 1 aromatic heterocycles. The van der Waals surface area contributed by atoms with Crippen LogP contribution in [0.4, 0.5) is 0 Å². The molecule has 1 heterocycles. The van der Waals surface area contributed by atoms with Gasteiger partial charge in [0, 0.05) is 17.1 Å². The maximum absolute atomic E-state index is 9.34. The number of fused-ring (bicyclic) bond motifs is 3. The van der Waals surface area contributed by atoms with Crippen molar-refractivity contribution in [1.29, 1.82) is 5.26 Å². The van der Waals surface area contributed by atoms with Crippen LogP contribution < -0.4 is 0 Å². The van der Waals surface area contributed by atoms with Crippen molar-refractivity contribution >= 4 is 21.5 Å². The van der Waals surface area contributed by atoms with Crippen LogP contribution in [0, 0.1) is 23.2 Å². The Kier molecular flexibility index (Phi) is 5.55. The van der Waals surface area contributed by atoms with E-state index in [9.17, 15) is 5.26 Å². The van der Waals surface area contributed by atoms with Gasteiger partial charge in [0.1, 0.15) is 0 Å². The monoisotopic (exact) mass is 392 g/mol. The third-order valence-electron chi connectivity index (χ3n) is 5.51. The van der Waals surface area contributed by atoms with Crippen molar-refractivity contribution in [2.24, 2.45) is 11.8 Å². The molecule has 0 aliphatic heterocycles. The van der Waals surface area contributed by atoms with Crippen molar-refractivity contribution in [3.05, 3.63) is 77.5 Å². The molecule has 0 spiro atoms. The Morgan fingerprint density at radius 2 is 1.43 bits per heavy atom. The first-order chi connectivity index (χ1) is 14.4. The highest BCUT2D eigenvalue weighted by Gasteiger charge is 2.12. The summed E-state index contributed by atoms with van der Waals surface area (Å²) in [5, 5.41) is 13.9. The van der Waals surface area contributed by atoms with E-state index >= 15 is 0 Å². The first kappa shape index (κ1) is 20.1. The van der Waals surface area contributed by atoms with Crippen LogP contribution in [0.15, 0.2) is 60.8 Å². The first-order valence-corrected chi connectivity index (χ1v) is 10.8. The fraction of sp³-hybridized carbons (Fsp3) is 0.286. The van der Waals surface area contributed by atoms with Crippen LogP contribution in [0.5, 0.6) is 0 Å². The average molecular weight is 393 g/mol. The van der Waals surface area contributed by atoms with Gasteiger partial charge in [-0.3, -0.25) is 4.98 Å². The molecule has 0 saturated carbocycles. The van der Waals surface area contributed by atoms with Gasteiger partial charge < -0.3 is 0 Å². The Balaban J connectivity index is 1.94. The largest absolute Gasteiger partial charge is 0.256 e. The number of rotatable bonds is 5.